The molecule has 0 aliphatic carbocycles. The van der Waals surface area contributed by atoms with Gasteiger partial charge in [0.25, 0.3) is 0 Å². The number of likely N-dealkylation sites (N-methyl/N-ethyl adjacent to an activating group) is 1. The quantitative estimate of drug-likeness (QED) is 0.790. The number of hydrogen-bond donors (Lipinski definition) is 1. The summed E-state index contributed by atoms with van der Waals surface area (Å²) in [6, 6.07) is 4.31. The SMILES string of the molecule is CNCC1CCN(Cc2ccc(N(C)CCOC)nc2)CC1. The molecule has 1 aromatic heterocycles. The lowest BCUT2D eigenvalue weighted by atomic mass is 9.96. The molecule has 2 rings (SSSR count). The number of aromatic nitrogens is 1. The summed E-state index contributed by atoms with van der Waals surface area (Å²) in [6.07, 6.45) is 4.61. The summed E-state index contributed by atoms with van der Waals surface area (Å²) in [6.45, 7) is 6.15. The van der Waals surface area contributed by atoms with Gasteiger partial charge < -0.3 is 15.0 Å². The van der Waals surface area contributed by atoms with E-state index in [1.165, 1.54) is 31.5 Å². The molecule has 1 aromatic rings. The third-order valence-electron chi connectivity index (χ3n) is 4.44. The van der Waals surface area contributed by atoms with Crippen LogP contribution in [0.2, 0.25) is 0 Å². The van der Waals surface area contributed by atoms with Crippen LogP contribution in [0.1, 0.15) is 18.4 Å². The lowest BCUT2D eigenvalue weighted by molar-refractivity contribution is 0.176. The van der Waals surface area contributed by atoms with Gasteiger partial charge in [-0.3, -0.25) is 4.90 Å². The van der Waals surface area contributed by atoms with Gasteiger partial charge in [0.2, 0.25) is 0 Å². The van der Waals surface area contributed by atoms with Gasteiger partial charge in [0.15, 0.2) is 0 Å². The maximum absolute atomic E-state index is 5.10. The lowest BCUT2D eigenvalue weighted by Crippen LogP contribution is -2.36. The number of rotatable bonds is 8. The number of ether oxygens (including phenoxy) is 1. The predicted octanol–water partition coefficient (Wildman–Crippen LogP) is 1.60. The van der Waals surface area contributed by atoms with Gasteiger partial charge in [0.1, 0.15) is 5.82 Å². The van der Waals surface area contributed by atoms with Crippen molar-refractivity contribution in [1.82, 2.24) is 15.2 Å². The van der Waals surface area contributed by atoms with Gasteiger partial charge in [-0.2, -0.15) is 0 Å². The van der Waals surface area contributed by atoms with E-state index in [4.69, 9.17) is 4.74 Å². The van der Waals surface area contributed by atoms with Crippen LogP contribution in [0.15, 0.2) is 18.3 Å². The maximum atomic E-state index is 5.10. The van der Waals surface area contributed by atoms with Crippen molar-refractivity contribution >= 4 is 5.82 Å². The zero-order chi connectivity index (χ0) is 15.8. The largest absolute Gasteiger partial charge is 0.383 e. The van der Waals surface area contributed by atoms with Gasteiger partial charge >= 0.3 is 0 Å². The van der Waals surface area contributed by atoms with Crippen molar-refractivity contribution in [1.29, 1.82) is 0 Å². The molecule has 0 amide bonds. The number of pyridine rings is 1. The average Bonchev–Trinajstić information content (AvgIpc) is 2.55. The first-order valence-electron chi connectivity index (χ1n) is 8.25. The van der Waals surface area contributed by atoms with Crippen LogP contribution >= 0.6 is 0 Å². The molecular weight excluding hydrogens is 276 g/mol. The summed E-state index contributed by atoms with van der Waals surface area (Å²) in [5, 5.41) is 3.29. The van der Waals surface area contributed by atoms with E-state index in [1.54, 1.807) is 7.11 Å². The van der Waals surface area contributed by atoms with E-state index in [9.17, 15) is 0 Å². The molecule has 1 saturated heterocycles. The fourth-order valence-corrected chi connectivity index (χ4v) is 2.97. The zero-order valence-electron chi connectivity index (χ0n) is 14.2. The Hall–Kier alpha value is -1.17. The molecule has 2 heterocycles. The van der Waals surface area contributed by atoms with Gasteiger partial charge in [-0.1, -0.05) is 6.07 Å². The molecule has 124 valence electrons. The number of nitrogens with zero attached hydrogens (tertiary/aromatic N) is 3. The molecule has 0 aromatic carbocycles. The van der Waals surface area contributed by atoms with Crippen LogP contribution in [0, 0.1) is 5.92 Å². The molecule has 0 radical (unpaired) electrons. The first-order chi connectivity index (χ1) is 10.7. The second-order valence-corrected chi connectivity index (χ2v) is 6.22. The van der Waals surface area contributed by atoms with Crippen LogP contribution in [0.3, 0.4) is 0 Å². The van der Waals surface area contributed by atoms with Crippen molar-refractivity contribution in [3.05, 3.63) is 23.9 Å². The fourth-order valence-electron chi connectivity index (χ4n) is 2.97. The van der Waals surface area contributed by atoms with Crippen molar-refractivity contribution < 1.29 is 4.74 Å². The Labute approximate surface area is 134 Å². The van der Waals surface area contributed by atoms with Crippen molar-refractivity contribution in [2.24, 2.45) is 5.92 Å². The molecule has 1 aliphatic rings. The number of anilines is 1. The second-order valence-electron chi connectivity index (χ2n) is 6.22. The number of piperidine rings is 1. The van der Waals surface area contributed by atoms with Crippen molar-refractivity contribution in [3.63, 3.8) is 0 Å². The number of likely N-dealkylation sites (tertiary alicyclic amines) is 1. The highest BCUT2D eigenvalue weighted by atomic mass is 16.5. The van der Waals surface area contributed by atoms with Crippen molar-refractivity contribution in [2.75, 3.05) is 58.9 Å². The molecule has 1 aliphatic heterocycles. The van der Waals surface area contributed by atoms with E-state index in [-0.39, 0.29) is 0 Å². The Bertz CT molecular complexity index is 415. The van der Waals surface area contributed by atoms with Crippen LogP contribution in [0.5, 0.6) is 0 Å². The molecule has 0 unspecified atom stereocenters. The Kier molecular flexibility index (Phi) is 7.09. The topological polar surface area (TPSA) is 40.6 Å². The van der Waals surface area contributed by atoms with Gasteiger partial charge in [-0.05, 0) is 57.1 Å². The van der Waals surface area contributed by atoms with Crippen LogP contribution in [0.4, 0.5) is 5.82 Å². The van der Waals surface area contributed by atoms with E-state index >= 15 is 0 Å². The molecule has 1 N–H and O–H groups in total. The summed E-state index contributed by atoms with van der Waals surface area (Å²) < 4.78 is 5.10. The first kappa shape index (κ1) is 17.2. The highest BCUT2D eigenvalue weighted by Crippen LogP contribution is 2.19. The number of nitrogens with one attached hydrogen (secondary N) is 1. The molecular formula is C17H30N4O. The Morgan fingerprint density at radius 2 is 2.14 bits per heavy atom. The average molecular weight is 306 g/mol. The zero-order valence-corrected chi connectivity index (χ0v) is 14.2. The summed E-state index contributed by atoms with van der Waals surface area (Å²) in [5.41, 5.74) is 1.30. The van der Waals surface area contributed by atoms with E-state index in [0.29, 0.717) is 0 Å². The highest BCUT2D eigenvalue weighted by molar-refractivity contribution is 5.38. The van der Waals surface area contributed by atoms with Crippen LogP contribution in [-0.4, -0.2) is 63.9 Å². The van der Waals surface area contributed by atoms with Gasteiger partial charge in [-0.25, -0.2) is 4.98 Å². The van der Waals surface area contributed by atoms with Crippen LogP contribution in [0.25, 0.3) is 0 Å². The van der Waals surface area contributed by atoms with E-state index in [2.05, 4.69) is 32.2 Å². The van der Waals surface area contributed by atoms with E-state index in [0.717, 1.165) is 38.0 Å². The summed E-state index contributed by atoms with van der Waals surface area (Å²) in [4.78, 5) is 9.24. The van der Waals surface area contributed by atoms with E-state index < -0.39 is 0 Å². The Morgan fingerprint density at radius 1 is 1.36 bits per heavy atom. The smallest absolute Gasteiger partial charge is 0.128 e. The lowest BCUT2D eigenvalue weighted by Gasteiger charge is -2.31. The van der Waals surface area contributed by atoms with Crippen LogP contribution < -0.4 is 10.2 Å². The second kappa shape index (κ2) is 9.08. The Morgan fingerprint density at radius 3 is 2.73 bits per heavy atom. The van der Waals surface area contributed by atoms with Crippen molar-refractivity contribution in [3.8, 4) is 0 Å². The third kappa shape index (κ3) is 5.23. The van der Waals surface area contributed by atoms with Crippen LogP contribution in [-0.2, 0) is 11.3 Å². The van der Waals surface area contributed by atoms with E-state index in [1.807, 2.05) is 20.3 Å². The van der Waals surface area contributed by atoms with Gasteiger partial charge in [0.05, 0.1) is 6.61 Å². The summed E-state index contributed by atoms with van der Waals surface area (Å²) in [7, 11) is 5.82. The molecule has 22 heavy (non-hydrogen) atoms. The predicted molar refractivity (Wildman–Crippen MR) is 91.3 cm³/mol. The number of hydrogen-bond acceptors (Lipinski definition) is 5. The molecule has 0 atom stereocenters. The molecule has 5 nitrogen and oxygen atoms in total. The standard InChI is InChI=1S/C17H30N4O/c1-18-12-15-6-8-21(9-7-15)14-16-4-5-17(19-13-16)20(2)10-11-22-3/h4-5,13,15,18H,6-12,14H2,1-3H3. The third-order valence-corrected chi connectivity index (χ3v) is 4.44. The summed E-state index contributed by atoms with van der Waals surface area (Å²) >= 11 is 0. The molecule has 5 heteroatoms. The summed E-state index contributed by atoms with van der Waals surface area (Å²) in [5.74, 6) is 1.85. The molecule has 0 saturated carbocycles. The normalized spacial score (nSPS) is 16.9. The molecule has 0 spiro atoms. The number of methoxy groups -OCH3 is 1. The monoisotopic (exact) mass is 306 g/mol. The minimum atomic E-state index is 0.724. The van der Waals surface area contributed by atoms with Gasteiger partial charge in [-0.15, -0.1) is 0 Å². The fraction of sp³-hybridized carbons (Fsp3) is 0.706. The maximum Gasteiger partial charge on any atom is 0.128 e. The minimum absolute atomic E-state index is 0.724. The van der Waals surface area contributed by atoms with Gasteiger partial charge in [0, 0.05) is 33.4 Å². The minimum Gasteiger partial charge on any atom is -0.383 e. The Balaban J connectivity index is 1.79. The molecule has 1 fully saturated rings. The first-order valence-corrected chi connectivity index (χ1v) is 8.25. The molecule has 0 bridgehead atoms. The van der Waals surface area contributed by atoms with Crippen molar-refractivity contribution in [2.45, 2.75) is 19.4 Å². The highest BCUT2D eigenvalue weighted by Gasteiger charge is 2.18.